The SMILES string of the molecule is O=[N+]([O-])c1ccc(C2C=C(c3ccccc3)NC(=S)S2)cc1. The highest BCUT2D eigenvalue weighted by Crippen LogP contribution is 2.37. The number of nitro groups is 1. The molecule has 0 saturated carbocycles. The third-order valence-corrected chi connectivity index (χ3v) is 4.68. The van der Waals surface area contributed by atoms with Gasteiger partial charge >= 0.3 is 0 Å². The maximum atomic E-state index is 10.7. The Morgan fingerprint density at radius 1 is 1.09 bits per heavy atom. The fraction of sp³-hybridized carbons (Fsp3) is 0.0625. The van der Waals surface area contributed by atoms with Crippen LogP contribution >= 0.6 is 24.0 Å². The second-order valence-electron chi connectivity index (χ2n) is 4.75. The van der Waals surface area contributed by atoms with Crippen LogP contribution in [0.2, 0.25) is 0 Å². The summed E-state index contributed by atoms with van der Waals surface area (Å²) in [7, 11) is 0. The maximum Gasteiger partial charge on any atom is 0.269 e. The van der Waals surface area contributed by atoms with Crippen LogP contribution in [-0.2, 0) is 0 Å². The van der Waals surface area contributed by atoms with Crippen LogP contribution in [0.25, 0.3) is 5.70 Å². The monoisotopic (exact) mass is 328 g/mol. The molecule has 4 nitrogen and oxygen atoms in total. The zero-order valence-electron chi connectivity index (χ0n) is 11.4. The van der Waals surface area contributed by atoms with Crippen molar-refractivity contribution in [2.45, 2.75) is 5.25 Å². The minimum Gasteiger partial charge on any atom is -0.341 e. The molecule has 2 aromatic carbocycles. The van der Waals surface area contributed by atoms with Gasteiger partial charge in [-0.3, -0.25) is 10.1 Å². The van der Waals surface area contributed by atoms with E-state index >= 15 is 0 Å². The summed E-state index contributed by atoms with van der Waals surface area (Å²) in [5.41, 5.74) is 3.12. The van der Waals surface area contributed by atoms with E-state index in [1.165, 1.54) is 23.9 Å². The van der Waals surface area contributed by atoms with E-state index < -0.39 is 4.92 Å². The van der Waals surface area contributed by atoms with Crippen LogP contribution in [-0.4, -0.2) is 9.24 Å². The highest BCUT2D eigenvalue weighted by Gasteiger charge is 2.20. The van der Waals surface area contributed by atoms with Crippen LogP contribution in [0, 0.1) is 10.1 Å². The van der Waals surface area contributed by atoms with E-state index in [0.29, 0.717) is 4.32 Å². The molecular formula is C16H12N2O2S2. The molecule has 110 valence electrons. The van der Waals surface area contributed by atoms with Crippen molar-refractivity contribution in [3.05, 3.63) is 81.9 Å². The van der Waals surface area contributed by atoms with Crippen molar-refractivity contribution in [1.29, 1.82) is 0 Å². The van der Waals surface area contributed by atoms with Crippen molar-refractivity contribution >= 4 is 39.7 Å². The van der Waals surface area contributed by atoms with E-state index in [9.17, 15) is 10.1 Å². The summed E-state index contributed by atoms with van der Waals surface area (Å²) in [4.78, 5) is 10.3. The minimum atomic E-state index is -0.394. The molecule has 1 heterocycles. The van der Waals surface area contributed by atoms with E-state index in [0.717, 1.165) is 16.8 Å². The summed E-state index contributed by atoms with van der Waals surface area (Å²) in [5.74, 6) is 0. The minimum absolute atomic E-state index is 0.0461. The van der Waals surface area contributed by atoms with E-state index in [4.69, 9.17) is 12.2 Å². The molecule has 0 fully saturated rings. The Bertz CT molecular complexity index is 743. The standard InChI is InChI=1S/C16H12N2O2S2/c19-18(20)13-8-6-12(7-9-13)15-10-14(17-16(21)22-15)11-4-2-1-3-5-11/h1-10,15H,(H,17,21). The zero-order valence-corrected chi connectivity index (χ0v) is 13.1. The summed E-state index contributed by atoms with van der Waals surface area (Å²) < 4.78 is 0.699. The molecule has 0 amide bonds. The van der Waals surface area contributed by atoms with Crippen LogP contribution in [0.3, 0.4) is 0 Å². The summed E-state index contributed by atoms with van der Waals surface area (Å²) in [5, 5.41) is 14.0. The Hall–Kier alpha value is -2.18. The first-order valence-corrected chi connectivity index (χ1v) is 7.91. The summed E-state index contributed by atoms with van der Waals surface area (Å²) in [6, 6.07) is 16.6. The zero-order chi connectivity index (χ0) is 15.5. The Balaban J connectivity index is 1.92. The summed E-state index contributed by atoms with van der Waals surface area (Å²) in [6.45, 7) is 0. The fourth-order valence-electron chi connectivity index (χ4n) is 2.22. The molecule has 1 N–H and O–H groups in total. The number of thioether (sulfide) groups is 1. The predicted octanol–water partition coefficient (Wildman–Crippen LogP) is 4.30. The lowest BCUT2D eigenvalue weighted by atomic mass is 10.1. The molecule has 1 aliphatic rings. The third-order valence-electron chi connectivity index (χ3n) is 3.31. The van der Waals surface area contributed by atoms with Gasteiger partial charge in [-0.25, -0.2) is 0 Å². The summed E-state index contributed by atoms with van der Waals surface area (Å²) in [6.07, 6.45) is 2.09. The number of rotatable bonds is 3. The van der Waals surface area contributed by atoms with Gasteiger partial charge in [-0.05, 0) is 17.2 Å². The molecule has 0 saturated heterocycles. The van der Waals surface area contributed by atoms with Gasteiger partial charge in [-0.15, -0.1) is 0 Å². The Morgan fingerprint density at radius 2 is 1.77 bits per heavy atom. The molecule has 0 radical (unpaired) electrons. The highest BCUT2D eigenvalue weighted by molar-refractivity contribution is 8.23. The molecule has 0 bridgehead atoms. The molecule has 3 rings (SSSR count). The maximum absolute atomic E-state index is 10.7. The van der Waals surface area contributed by atoms with Gasteiger partial charge in [0.2, 0.25) is 0 Å². The number of non-ortho nitro benzene ring substituents is 1. The molecule has 22 heavy (non-hydrogen) atoms. The molecule has 6 heteroatoms. The third kappa shape index (κ3) is 3.18. The van der Waals surface area contributed by atoms with Crippen LogP contribution in [0.1, 0.15) is 16.4 Å². The molecule has 1 unspecified atom stereocenters. The van der Waals surface area contributed by atoms with Crippen LogP contribution < -0.4 is 5.32 Å². The van der Waals surface area contributed by atoms with Crippen molar-refractivity contribution in [1.82, 2.24) is 5.32 Å². The lowest BCUT2D eigenvalue weighted by molar-refractivity contribution is -0.384. The smallest absolute Gasteiger partial charge is 0.269 e. The first-order valence-electron chi connectivity index (χ1n) is 6.63. The number of thiocarbonyl (C=S) groups is 1. The number of nitrogens with one attached hydrogen (secondary N) is 1. The lowest BCUT2D eigenvalue weighted by Gasteiger charge is -2.23. The van der Waals surface area contributed by atoms with Crippen molar-refractivity contribution in [3.8, 4) is 0 Å². The normalized spacial score (nSPS) is 17.5. The van der Waals surface area contributed by atoms with E-state index in [1.807, 2.05) is 30.3 Å². The van der Waals surface area contributed by atoms with Gasteiger partial charge in [-0.1, -0.05) is 66.4 Å². The Morgan fingerprint density at radius 3 is 2.41 bits per heavy atom. The van der Waals surface area contributed by atoms with Crippen molar-refractivity contribution in [2.24, 2.45) is 0 Å². The van der Waals surface area contributed by atoms with Crippen LogP contribution in [0.4, 0.5) is 5.69 Å². The molecule has 1 atom stereocenters. The Labute approximate surface area is 137 Å². The average molecular weight is 328 g/mol. The quantitative estimate of drug-likeness (QED) is 0.517. The van der Waals surface area contributed by atoms with Gasteiger partial charge < -0.3 is 5.32 Å². The second kappa shape index (κ2) is 6.29. The van der Waals surface area contributed by atoms with Crippen molar-refractivity contribution < 1.29 is 4.92 Å². The number of nitrogens with zero attached hydrogens (tertiary/aromatic N) is 1. The highest BCUT2D eigenvalue weighted by atomic mass is 32.2. The number of benzene rings is 2. The number of nitro benzene ring substituents is 1. The second-order valence-corrected chi connectivity index (χ2v) is 6.56. The summed E-state index contributed by atoms with van der Waals surface area (Å²) >= 11 is 6.86. The lowest BCUT2D eigenvalue weighted by Crippen LogP contribution is -2.22. The Kier molecular flexibility index (Phi) is 4.22. The van der Waals surface area contributed by atoms with Gasteiger partial charge in [-0.2, -0.15) is 0 Å². The molecule has 2 aromatic rings. The van der Waals surface area contributed by atoms with Crippen LogP contribution in [0.15, 0.2) is 60.7 Å². The average Bonchev–Trinajstić information content (AvgIpc) is 2.55. The number of hydrogen-bond acceptors (Lipinski definition) is 4. The molecule has 0 aromatic heterocycles. The topological polar surface area (TPSA) is 55.2 Å². The molecule has 0 aliphatic carbocycles. The molecule has 1 aliphatic heterocycles. The van der Waals surface area contributed by atoms with E-state index in [-0.39, 0.29) is 10.9 Å². The van der Waals surface area contributed by atoms with Crippen LogP contribution in [0.5, 0.6) is 0 Å². The van der Waals surface area contributed by atoms with Crippen molar-refractivity contribution in [3.63, 3.8) is 0 Å². The number of hydrogen-bond donors (Lipinski definition) is 1. The molecular weight excluding hydrogens is 316 g/mol. The van der Waals surface area contributed by atoms with Crippen molar-refractivity contribution in [2.75, 3.05) is 0 Å². The fourth-order valence-corrected chi connectivity index (χ4v) is 3.54. The van der Waals surface area contributed by atoms with Gasteiger partial charge in [0.1, 0.15) is 4.32 Å². The predicted molar refractivity (Wildman–Crippen MR) is 93.6 cm³/mol. The first kappa shape index (κ1) is 14.7. The van der Waals surface area contributed by atoms with E-state index in [2.05, 4.69) is 11.4 Å². The van der Waals surface area contributed by atoms with E-state index in [1.54, 1.807) is 12.1 Å². The van der Waals surface area contributed by atoms with Gasteiger partial charge in [0.15, 0.2) is 0 Å². The van der Waals surface area contributed by atoms with Gasteiger partial charge in [0.25, 0.3) is 5.69 Å². The molecule has 0 spiro atoms. The largest absolute Gasteiger partial charge is 0.341 e. The first-order chi connectivity index (χ1) is 10.6. The van der Waals surface area contributed by atoms with Gasteiger partial charge in [0, 0.05) is 17.8 Å². The van der Waals surface area contributed by atoms with Gasteiger partial charge in [0.05, 0.1) is 10.2 Å².